The van der Waals surface area contributed by atoms with Crippen LogP contribution in [0.1, 0.15) is 48.4 Å². The zero-order valence-corrected chi connectivity index (χ0v) is 21.3. The molecule has 4 aromatic rings. The van der Waals surface area contributed by atoms with E-state index < -0.39 is 12.0 Å². The highest BCUT2D eigenvalue weighted by Gasteiger charge is 2.20. The van der Waals surface area contributed by atoms with Gasteiger partial charge in [-0.25, -0.2) is 9.78 Å². The molecule has 0 amide bonds. The van der Waals surface area contributed by atoms with Crippen molar-refractivity contribution < 1.29 is 9.53 Å². The lowest BCUT2D eigenvalue weighted by Crippen LogP contribution is -2.26. The fourth-order valence-corrected chi connectivity index (χ4v) is 4.15. The number of aromatic nitrogens is 3. The van der Waals surface area contributed by atoms with Gasteiger partial charge in [0.1, 0.15) is 17.5 Å². The molecule has 0 fully saturated rings. The molecule has 2 aromatic carbocycles. The molecule has 4 rings (SSSR count). The highest BCUT2D eigenvalue weighted by atomic mass is 35.5. The summed E-state index contributed by atoms with van der Waals surface area (Å²) in [6.07, 6.45) is 1.33. The Morgan fingerprint density at radius 2 is 1.97 bits per heavy atom. The van der Waals surface area contributed by atoms with Crippen molar-refractivity contribution in [3.05, 3.63) is 86.9 Å². The molecule has 3 N–H and O–H groups in total. The standard InChI is InChI=1S/C27H25ClN6O3/c1-15(2)14-37-26(36)18-7-4-8-20(10-18)34-22(11-17-6-5-9-21(28)23(17)25(34)35)16(3)32-24-19(12-29)13-31-27(30)33-24/h4-11,13,15-16H,14H2,1-3H3,(H3,30,31,32,33)/t16-/m0/s1. The van der Waals surface area contributed by atoms with Crippen LogP contribution in [0.4, 0.5) is 11.8 Å². The van der Waals surface area contributed by atoms with Gasteiger partial charge >= 0.3 is 5.97 Å². The van der Waals surface area contributed by atoms with Crippen LogP contribution in [0, 0.1) is 17.2 Å². The van der Waals surface area contributed by atoms with Crippen molar-refractivity contribution in [3.8, 4) is 11.8 Å². The highest BCUT2D eigenvalue weighted by Crippen LogP contribution is 2.28. The molecule has 188 valence electrons. The van der Waals surface area contributed by atoms with Crippen molar-refractivity contribution in [2.24, 2.45) is 5.92 Å². The number of esters is 1. The van der Waals surface area contributed by atoms with E-state index in [1.54, 1.807) is 42.5 Å². The third-order valence-corrected chi connectivity index (χ3v) is 5.95. The molecule has 0 unspecified atom stereocenters. The average Bonchev–Trinajstić information content (AvgIpc) is 2.87. The van der Waals surface area contributed by atoms with Crippen LogP contribution >= 0.6 is 11.6 Å². The lowest BCUT2D eigenvalue weighted by molar-refractivity contribution is 0.0459. The van der Waals surface area contributed by atoms with Crippen LogP contribution in [0.15, 0.2) is 59.5 Å². The Hall–Kier alpha value is -4.42. The summed E-state index contributed by atoms with van der Waals surface area (Å²) in [6.45, 7) is 6.00. The number of nitrogens with zero attached hydrogens (tertiary/aromatic N) is 4. The number of benzene rings is 2. The number of hydrogen-bond acceptors (Lipinski definition) is 8. The molecule has 0 bridgehead atoms. The topological polar surface area (TPSA) is 136 Å². The number of nitrogens with two attached hydrogens (primary N) is 1. The minimum absolute atomic E-state index is 0.00370. The molecule has 0 saturated carbocycles. The number of halogens is 1. The van der Waals surface area contributed by atoms with E-state index in [-0.39, 0.29) is 35.4 Å². The summed E-state index contributed by atoms with van der Waals surface area (Å²) < 4.78 is 6.86. The maximum absolute atomic E-state index is 13.8. The molecule has 2 heterocycles. The van der Waals surface area contributed by atoms with Crippen molar-refractivity contribution in [2.45, 2.75) is 26.8 Å². The van der Waals surface area contributed by atoms with Crippen LogP contribution in [0.3, 0.4) is 0 Å². The second kappa shape index (κ2) is 10.7. The third kappa shape index (κ3) is 5.39. The third-order valence-electron chi connectivity index (χ3n) is 5.64. The molecule has 0 aliphatic heterocycles. The summed E-state index contributed by atoms with van der Waals surface area (Å²) in [6, 6.07) is 15.2. The molecule has 0 aliphatic carbocycles. The number of nitrogen functional groups attached to an aromatic ring is 1. The number of ether oxygens (including phenoxy) is 1. The Bertz CT molecular complexity index is 1590. The number of pyridine rings is 1. The quantitative estimate of drug-likeness (QED) is 0.332. The summed E-state index contributed by atoms with van der Waals surface area (Å²) in [5.74, 6) is -0.0574. The highest BCUT2D eigenvalue weighted by molar-refractivity contribution is 6.35. The van der Waals surface area contributed by atoms with Crippen LogP contribution in [0.2, 0.25) is 5.02 Å². The minimum atomic E-state index is -0.519. The Labute approximate surface area is 218 Å². The van der Waals surface area contributed by atoms with Gasteiger partial charge in [0, 0.05) is 11.4 Å². The van der Waals surface area contributed by atoms with Gasteiger partial charge in [-0.05, 0) is 48.6 Å². The second-order valence-corrected chi connectivity index (χ2v) is 9.33. The van der Waals surface area contributed by atoms with Crippen molar-refractivity contribution >= 4 is 40.1 Å². The van der Waals surface area contributed by atoms with Gasteiger partial charge in [-0.2, -0.15) is 10.2 Å². The van der Waals surface area contributed by atoms with Crippen LogP contribution in [-0.2, 0) is 4.74 Å². The Morgan fingerprint density at radius 1 is 1.22 bits per heavy atom. The van der Waals surface area contributed by atoms with E-state index in [4.69, 9.17) is 22.1 Å². The van der Waals surface area contributed by atoms with Crippen LogP contribution < -0.4 is 16.6 Å². The van der Waals surface area contributed by atoms with Crippen LogP contribution in [0.25, 0.3) is 16.5 Å². The molecule has 0 aliphatic rings. The molecule has 0 spiro atoms. The Balaban J connectivity index is 1.88. The van der Waals surface area contributed by atoms with E-state index in [2.05, 4.69) is 15.3 Å². The van der Waals surface area contributed by atoms with Gasteiger partial charge < -0.3 is 15.8 Å². The zero-order valence-electron chi connectivity index (χ0n) is 20.5. The molecule has 0 saturated heterocycles. The van der Waals surface area contributed by atoms with E-state index in [1.165, 1.54) is 10.8 Å². The molecular weight excluding hydrogens is 492 g/mol. The van der Waals surface area contributed by atoms with Gasteiger partial charge in [-0.15, -0.1) is 0 Å². The molecule has 0 radical (unpaired) electrons. The first-order valence-electron chi connectivity index (χ1n) is 11.6. The number of anilines is 2. The van der Waals surface area contributed by atoms with Gasteiger partial charge in [0.15, 0.2) is 0 Å². The minimum Gasteiger partial charge on any atom is -0.462 e. The molecule has 9 nitrogen and oxygen atoms in total. The first-order chi connectivity index (χ1) is 17.7. The summed E-state index contributed by atoms with van der Waals surface area (Å²) in [5.41, 5.74) is 6.90. The van der Waals surface area contributed by atoms with Crippen molar-refractivity contribution in [1.82, 2.24) is 14.5 Å². The summed E-state index contributed by atoms with van der Waals surface area (Å²) in [7, 11) is 0. The SMILES string of the molecule is CC(C)COC(=O)c1cccc(-n2c([C@H](C)Nc3nc(N)ncc3C#N)cc3cccc(Cl)c3c2=O)c1. The van der Waals surface area contributed by atoms with Gasteiger partial charge in [0.2, 0.25) is 5.95 Å². The molecule has 1 atom stereocenters. The number of fused-ring (bicyclic) bond motifs is 1. The number of hydrogen-bond donors (Lipinski definition) is 2. The number of nitriles is 1. The number of rotatable bonds is 7. The number of nitrogens with one attached hydrogen (secondary N) is 1. The maximum Gasteiger partial charge on any atom is 0.338 e. The predicted molar refractivity (Wildman–Crippen MR) is 143 cm³/mol. The maximum atomic E-state index is 13.8. The predicted octanol–water partition coefficient (Wildman–Crippen LogP) is 4.87. The fraction of sp³-hybridized carbons (Fsp3) is 0.222. The van der Waals surface area contributed by atoms with E-state index in [0.29, 0.717) is 32.7 Å². The van der Waals surface area contributed by atoms with E-state index in [1.807, 2.05) is 32.9 Å². The van der Waals surface area contributed by atoms with Crippen molar-refractivity contribution in [3.63, 3.8) is 0 Å². The largest absolute Gasteiger partial charge is 0.462 e. The number of carbonyl (C=O) groups excluding carboxylic acids is 1. The first-order valence-corrected chi connectivity index (χ1v) is 12.0. The monoisotopic (exact) mass is 516 g/mol. The first kappa shape index (κ1) is 25.7. The molecule has 2 aromatic heterocycles. The second-order valence-electron chi connectivity index (χ2n) is 8.92. The smallest absolute Gasteiger partial charge is 0.338 e. The molecule has 37 heavy (non-hydrogen) atoms. The summed E-state index contributed by atoms with van der Waals surface area (Å²) in [5, 5.41) is 13.9. The van der Waals surface area contributed by atoms with Gasteiger partial charge in [0.25, 0.3) is 5.56 Å². The van der Waals surface area contributed by atoms with Gasteiger partial charge in [-0.3, -0.25) is 9.36 Å². The van der Waals surface area contributed by atoms with Crippen molar-refractivity contribution in [2.75, 3.05) is 17.7 Å². The normalized spacial score (nSPS) is 11.8. The summed E-state index contributed by atoms with van der Waals surface area (Å²) in [4.78, 5) is 34.5. The van der Waals surface area contributed by atoms with E-state index >= 15 is 0 Å². The van der Waals surface area contributed by atoms with Gasteiger partial charge in [0.05, 0.1) is 34.8 Å². The van der Waals surface area contributed by atoms with Crippen LogP contribution in [-0.4, -0.2) is 27.1 Å². The van der Waals surface area contributed by atoms with E-state index in [9.17, 15) is 14.9 Å². The van der Waals surface area contributed by atoms with Gasteiger partial charge in [-0.1, -0.05) is 43.6 Å². The Morgan fingerprint density at radius 3 is 2.70 bits per heavy atom. The number of carbonyl (C=O) groups is 1. The molecule has 10 heteroatoms. The fourth-order valence-electron chi connectivity index (χ4n) is 3.89. The zero-order chi connectivity index (χ0) is 26.7. The van der Waals surface area contributed by atoms with E-state index in [0.717, 1.165) is 0 Å². The lowest BCUT2D eigenvalue weighted by Gasteiger charge is -2.22. The summed E-state index contributed by atoms with van der Waals surface area (Å²) >= 11 is 6.42. The Kier molecular flexibility index (Phi) is 7.41. The van der Waals surface area contributed by atoms with Crippen molar-refractivity contribution in [1.29, 1.82) is 5.26 Å². The average molecular weight is 517 g/mol. The lowest BCUT2D eigenvalue weighted by atomic mass is 10.1. The van der Waals surface area contributed by atoms with Crippen LogP contribution in [0.5, 0.6) is 0 Å². The molecular formula is C27H25ClN6O3.